The number of allylic oxidation sites excluding steroid dienone is 1. The van der Waals surface area contributed by atoms with E-state index in [2.05, 4.69) is 10.3 Å². The molecule has 5 rings (SSSR count). The topological polar surface area (TPSA) is 81.9 Å². The number of benzene rings is 3. The number of nitrogens with zero attached hydrogens (tertiary/aromatic N) is 2. The predicted molar refractivity (Wildman–Crippen MR) is 145 cm³/mol. The highest BCUT2D eigenvalue weighted by molar-refractivity contribution is 7.07. The third-order valence-corrected chi connectivity index (χ3v) is 7.08. The molecule has 0 aliphatic carbocycles. The Bertz CT molecular complexity index is 1690. The molecule has 1 aromatic heterocycles. The highest BCUT2D eigenvalue weighted by Gasteiger charge is 2.32. The summed E-state index contributed by atoms with van der Waals surface area (Å²) in [4.78, 5) is 32.6. The molecule has 0 fully saturated rings. The minimum atomic E-state index is -0.678. The summed E-state index contributed by atoms with van der Waals surface area (Å²) in [7, 11) is 3.19. The molecule has 0 saturated heterocycles. The number of anilines is 1. The van der Waals surface area contributed by atoms with Crippen molar-refractivity contribution in [3.8, 4) is 11.5 Å². The molecule has 1 atom stereocenters. The fourth-order valence-corrected chi connectivity index (χ4v) is 5.39. The third kappa shape index (κ3) is 4.83. The summed E-state index contributed by atoms with van der Waals surface area (Å²) >= 11 is 1.29. The fraction of sp³-hybridized carbons (Fsp3) is 0.138. The largest absolute Gasteiger partial charge is 0.497 e. The Hall–Kier alpha value is -4.43. The molecule has 8 heteroatoms. The standard InChI is InChI=1S/C29H25N3O4S/c1-18-25(27(33)31-21-11-5-4-6-12-21)26(20-10-8-14-23(17-20)36-3)32-28(34)24(37-29(32)30-18)16-19-9-7-13-22(15-19)35-2/h4-17,26H,1-3H3,(H,31,33)/b24-16-/t26-/m0/s1. The number of amides is 1. The van der Waals surface area contributed by atoms with Gasteiger partial charge in [-0.05, 0) is 60.5 Å². The summed E-state index contributed by atoms with van der Waals surface area (Å²) < 4.78 is 12.9. The lowest BCUT2D eigenvalue weighted by Gasteiger charge is -2.25. The van der Waals surface area contributed by atoms with E-state index < -0.39 is 6.04 Å². The van der Waals surface area contributed by atoms with Crippen LogP contribution in [0.15, 0.2) is 99.9 Å². The number of hydrogen-bond donors (Lipinski definition) is 1. The number of aromatic nitrogens is 1. The van der Waals surface area contributed by atoms with Crippen LogP contribution < -0.4 is 29.7 Å². The molecule has 0 unspecified atom stereocenters. The first kappa shape index (κ1) is 24.3. The second-order valence-electron chi connectivity index (χ2n) is 8.46. The average molecular weight is 512 g/mol. The number of thiazole rings is 1. The lowest BCUT2D eigenvalue weighted by atomic mass is 9.95. The van der Waals surface area contributed by atoms with Crippen LogP contribution in [-0.2, 0) is 4.79 Å². The molecule has 3 aromatic carbocycles. The molecule has 2 heterocycles. The van der Waals surface area contributed by atoms with Crippen LogP contribution >= 0.6 is 11.3 Å². The van der Waals surface area contributed by atoms with Gasteiger partial charge in [0.25, 0.3) is 11.5 Å². The summed E-state index contributed by atoms with van der Waals surface area (Å²) in [5.41, 5.74) is 2.97. The van der Waals surface area contributed by atoms with E-state index in [9.17, 15) is 9.59 Å². The van der Waals surface area contributed by atoms with Gasteiger partial charge >= 0.3 is 0 Å². The number of rotatable bonds is 6. The lowest BCUT2D eigenvalue weighted by molar-refractivity contribution is -0.113. The quantitative estimate of drug-likeness (QED) is 0.426. The number of fused-ring (bicyclic) bond motifs is 1. The zero-order valence-electron chi connectivity index (χ0n) is 20.6. The minimum absolute atomic E-state index is 0.225. The molecule has 1 aliphatic heterocycles. The predicted octanol–water partition coefficient (Wildman–Crippen LogP) is 3.89. The molecule has 4 aromatic rings. The van der Waals surface area contributed by atoms with Gasteiger partial charge in [0, 0.05) is 5.69 Å². The van der Waals surface area contributed by atoms with Crippen molar-refractivity contribution in [1.29, 1.82) is 0 Å². The normalized spacial score (nSPS) is 15.1. The van der Waals surface area contributed by atoms with Crippen LogP contribution in [0.5, 0.6) is 11.5 Å². The van der Waals surface area contributed by atoms with Crippen LogP contribution in [0.3, 0.4) is 0 Å². The van der Waals surface area contributed by atoms with Gasteiger partial charge < -0.3 is 14.8 Å². The van der Waals surface area contributed by atoms with Crippen LogP contribution in [0.25, 0.3) is 6.08 Å². The average Bonchev–Trinajstić information content (AvgIpc) is 3.22. The first-order valence-corrected chi connectivity index (χ1v) is 12.5. The maximum absolute atomic E-state index is 13.8. The minimum Gasteiger partial charge on any atom is -0.497 e. The van der Waals surface area contributed by atoms with Crippen LogP contribution in [0.4, 0.5) is 5.69 Å². The molecule has 0 spiro atoms. The van der Waals surface area contributed by atoms with E-state index in [0.717, 1.165) is 11.1 Å². The second kappa shape index (κ2) is 10.3. The molecule has 37 heavy (non-hydrogen) atoms. The molecule has 0 saturated carbocycles. The Balaban J connectivity index is 1.68. The first-order valence-electron chi connectivity index (χ1n) is 11.7. The molecule has 186 valence electrons. The Morgan fingerprint density at radius 2 is 1.68 bits per heavy atom. The summed E-state index contributed by atoms with van der Waals surface area (Å²) in [5.74, 6) is 1.02. The Morgan fingerprint density at radius 3 is 2.41 bits per heavy atom. The smallest absolute Gasteiger partial charge is 0.271 e. The maximum atomic E-state index is 13.8. The third-order valence-electron chi connectivity index (χ3n) is 6.10. The van der Waals surface area contributed by atoms with Gasteiger partial charge in [0.05, 0.1) is 36.1 Å². The maximum Gasteiger partial charge on any atom is 0.271 e. The number of para-hydroxylation sites is 1. The van der Waals surface area contributed by atoms with Crippen molar-refractivity contribution in [2.24, 2.45) is 4.99 Å². The number of hydrogen-bond acceptors (Lipinski definition) is 6. The van der Waals surface area contributed by atoms with Crippen molar-refractivity contribution in [3.63, 3.8) is 0 Å². The molecular formula is C29H25N3O4S. The van der Waals surface area contributed by atoms with Crippen molar-refractivity contribution in [2.45, 2.75) is 13.0 Å². The molecule has 7 nitrogen and oxygen atoms in total. The van der Waals surface area contributed by atoms with Crippen LogP contribution in [0.2, 0.25) is 0 Å². The van der Waals surface area contributed by atoms with Crippen molar-refractivity contribution in [3.05, 3.63) is 121 Å². The highest BCUT2D eigenvalue weighted by atomic mass is 32.1. The SMILES string of the molecule is COc1cccc(/C=c2\sc3n(c2=O)[C@@H](c2cccc(OC)c2)C(C(=O)Nc2ccccc2)=C(C)N=3)c1. The molecule has 1 N–H and O–H groups in total. The molecule has 1 aliphatic rings. The van der Waals surface area contributed by atoms with Gasteiger partial charge in [-0.15, -0.1) is 0 Å². The van der Waals surface area contributed by atoms with E-state index in [1.165, 1.54) is 11.3 Å². The van der Waals surface area contributed by atoms with Crippen molar-refractivity contribution in [2.75, 3.05) is 19.5 Å². The van der Waals surface area contributed by atoms with Gasteiger partial charge in [-0.25, -0.2) is 4.99 Å². The monoisotopic (exact) mass is 511 g/mol. The Morgan fingerprint density at radius 1 is 0.973 bits per heavy atom. The van der Waals surface area contributed by atoms with Crippen molar-refractivity contribution < 1.29 is 14.3 Å². The van der Waals surface area contributed by atoms with Gasteiger partial charge in [0.15, 0.2) is 4.80 Å². The van der Waals surface area contributed by atoms with Crippen molar-refractivity contribution >= 4 is 29.0 Å². The number of ether oxygens (including phenoxy) is 2. The zero-order chi connectivity index (χ0) is 25.9. The number of carbonyl (C=O) groups is 1. The molecule has 0 radical (unpaired) electrons. The number of nitrogens with one attached hydrogen (secondary N) is 1. The van der Waals surface area contributed by atoms with Gasteiger partial charge in [-0.1, -0.05) is 53.8 Å². The summed E-state index contributed by atoms with van der Waals surface area (Å²) in [6.07, 6.45) is 1.82. The molecule has 0 bridgehead atoms. The Labute approximate surface area is 217 Å². The van der Waals surface area contributed by atoms with Crippen molar-refractivity contribution in [1.82, 2.24) is 4.57 Å². The summed E-state index contributed by atoms with van der Waals surface area (Å²) in [5, 5.41) is 2.96. The van der Waals surface area contributed by atoms with E-state index in [1.807, 2.05) is 84.9 Å². The molecular weight excluding hydrogens is 486 g/mol. The van der Waals surface area contributed by atoms with Crippen LogP contribution in [-0.4, -0.2) is 24.7 Å². The van der Waals surface area contributed by atoms with E-state index in [-0.39, 0.29) is 11.5 Å². The van der Waals surface area contributed by atoms with E-state index in [4.69, 9.17) is 9.47 Å². The number of carbonyl (C=O) groups excluding carboxylic acids is 1. The first-order chi connectivity index (χ1) is 18.0. The fourth-order valence-electron chi connectivity index (χ4n) is 4.34. The second-order valence-corrected chi connectivity index (χ2v) is 9.46. The number of methoxy groups -OCH3 is 2. The lowest BCUT2D eigenvalue weighted by Crippen LogP contribution is -2.40. The Kier molecular flexibility index (Phi) is 6.74. The zero-order valence-corrected chi connectivity index (χ0v) is 21.4. The van der Waals surface area contributed by atoms with E-state index >= 15 is 0 Å². The summed E-state index contributed by atoms with van der Waals surface area (Å²) in [6.45, 7) is 1.80. The van der Waals surface area contributed by atoms with Gasteiger partial charge in [0.1, 0.15) is 11.5 Å². The van der Waals surface area contributed by atoms with E-state index in [1.54, 1.807) is 25.7 Å². The van der Waals surface area contributed by atoms with Crippen LogP contribution in [0, 0.1) is 0 Å². The molecule has 1 amide bonds. The van der Waals surface area contributed by atoms with Crippen LogP contribution in [0.1, 0.15) is 24.1 Å². The van der Waals surface area contributed by atoms with Gasteiger partial charge in [0.2, 0.25) is 0 Å². The van der Waals surface area contributed by atoms with Gasteiger partial charge in [-0.3, -0.25) is 14.2 Å². The van der Waals surface area contributed by atoms with E-state index in [0.29, 0.717) is 37.8 Å². The van der Waals surface area contributed by atoms with Gasteiger partial charge in [-0.2, -0.15) is 0 Å². The summed E-state index contributed by atoms with van der Waals surface area (Å²) in [6, 6.07) is 23.4. The highest BCUT2D eigenvalue weighted by Crippen LogP contribution is 2.32.